The number of nitrogens with one attached hydrogen (secondary N) is 1. The van der Waals surface area contributed by atoms with Crippen molar-refractivity contribution in [1.82, 2.24) is 4.90 Å². The van der Waals surface area contributed by atoms with Crippen molar-refractivity contribution in [2.24, 2.45) is 0 Å². The average Bonchev–Trinajstić information content (AvgIpc) is 2.51. The molecule has 0 amide bonds. The number of nitrogens with zero attached hydrogens (tertiary/aromatic N) is 1. The van der Waals surface area contributed by atoms with Crippen LogP contribution >= 0.6 is 0 Å². The molecule has 1 aromatic rings. The molecule has 0 spiro atoms. The SMILES string of the molecule is OC1CCCCC1N1CCC(Nc2ccccc2F)CC1. The monoisotopic (exact) mass is 292 g/mol. The lowest BCUT2D eigenvalue weighted by molar-refractivity contribution is 0.00993. The molecule has 0 radical (unpaired) electrons. The summed E-state index contributed by atoms with van der Waals surface area (Å²) in [4.78, 5) is 2.43. The number of likely N-dealkylation sites (tertiary alicyclic amines) is 1. The Balaban J connectivity index is 1.52. The number of halogens is 1. The van der Waals surface area contributed by atoms with Crippen LogP contribution in [0, 0.1) is 5.82 Å². The minimum atomic E-state index is -0.178. The van der Waals surface area contributed by atoms with E-state index in [9.17, 15) is 9.50 Å². The van der Waals surface area contributed by atoms with E-state index in [0.29, 0.717) is 17.8 Å². The van der Waals surface area contributed by atoms with E-state index in [2.05, 4.69) is 10.2 Å². The number of piperidine rings is 1. The summed E-state index contributed by atoms with van der Waals surface area (Å²) in [5.74, 6) is -0.178. The maximum Gasteiger partial charge on any atom is 0.146 e. The van der Waals surface area contributed by atoms with Gasteiger partial charge in [-0.25, -0.2) is 4.39 Å². The molecule has 2 fully saturated rings. The van der Waals surface area contributed by atoms with E-state index in [1.165, 1.54) is 12.5 Å². The Hall–Kier alpha value is -1.13. The van der Waals surface area contributed by atoms with Crippen LogP contribution in [0.2, 0.25) is 0 Å². The van der Waals surface area contributed by atoms with Gasteiger partial charge in [0.25, 0.3) is 0 Å². The van der Waals surface area contributed by atoms with Crippen LogP contribution in [-0.4, -0.2) is 41.3 Å². The van der Waals surface area contributed by atoms with Crippen LogP contribution in [0.1, 0.15) is 38.5 Å². The van der Waals surface area contributed by atoms with E-state index in [0.717, 1.165) is 45.2 Å². The summed E-state index contributed by atoms with van der Waals surface area (Å²) in [7, 11) is 0. The fourth-order valence-electron chi connectivity index (χ4n) is 3.69. The molecule has 3 rings (SSSR count). The largest absolute Gasteiger partial charge is 0.391 e. The summed E-state index contributed by atoms with van der Waals surface area (Å²) >= 11 is 0. The van der Waals surface area contributed by atoms with E-state index >= 15 is 0 Å². The predicted molar refractivity (Wildman–Crippen MR) is 82.9 cm³/mol. The Morgan fingerprint density at radius 2 is 1.76 bits per heavy atom. The Morgan fingerprint density at radius 3 is 2.48 bits per heavy atom. The molecule has 4 heteroatoms. The second-order valence-corrected chi connectivity index (χ2v) is 6.35. The van der Waals surface area contributed by atoms with Crippen molar-refractivity contribution in [2.45, 2.75) is 56.7 Å². The number of aliphatic hydroxyl groups excluding tert-OH is 1. The molecular weight excluding hydrogens is 267 g/mol. The van der Waals surface area contributed by atoms with Crippen LogP contribution in [-0.2, 0) is 0 Å². The number of aliphatic hydroxyl groups is 1. The van der Waals surface area contributed by atoms with Crippen molar-refractivity contribution in [3.8, 4) is 0 Å². The van der Waals surface area contributed by atoms with Gasteiger partial charge in [0.15, 0.2) is 0 Å². The summed E-state index contributed by atoms with van der Waals surface area (Å²) < 4.78 is 13.7. The standard InChI is InChI=1S/C17H25FN2O/c18-14-5-1-2-6-15(14)19-13-9-11-20(12-10-13)16-7-3-4-8-17(16)21/h1-2,5-6,13,16-17,19,21H,3-4,7-12H2. The molecule has 0 aromatic heterocycles. The molecule has 2 N–H and O–H groups in total. The van der Waals surface area contributed by atoms with Crippen molar-refractivity contribution in [3.63, 3.8) is 0 Å². The van der Waals surface area contributed by atoms with Gasteiger partial charge in [-0.1, -0.05) is 25.0 Å². The highest BCUT2D eigenvalue weighted by Crippen LogP contribution is 2.27. The van der Waals surface area contributed by atoms with Gasteiger partial charge in [0.05, 0.1) is 11.8 Å². The average molecular weight is 292 g/mol. The smallest absolute Gasteiger partial charge is 0.146 e. The van der Waals surface area contributed by atoms with Gasteiger partial charge in [0.1, 0.15) is 5.82 Å². The minimum absolute atomic E-state index is 0.158. The first kappa shape index (κ1) is 14.8. The topological polar surface area (TPSA) is 35.5 Å². The van der Waals surface area contributed by atoms with Crippen LogP contribution in [0.3, 0.4) is 0 Å². The summed E-state index contributed by atoms with van der Waals surface area (Å²) in [5.41, 5.74) is 0.605. The lowest BCUT2D eigenvalue weighted by atomic mass is 9.89. The third-order valence-corrected chi connectivity index (χ3v) is 4.93. The minimum Gasteiger partial charge on any atom is -0.391 e. The van der Waals surface area contributed by atoms with Gasteiger partial charge < -0.3 is 10.4 Å². The summed E-state index contributed by atoms with van der Waals surface area (Å²) in [6, 6.07) is 7.54. The fourth-order valence-corrected chi connectivity index (χ4v) is 3.69. The van der Waals surface area contributed by atoms with Gasteiger partial charge >= 0.3 is 0 Å². The molecule has 1 saturated heterocycles. The number of anilines is 1. The molecule has 1 aliphatic carbocycles. The summed E-state index contributed by atoms with van der Waals surface area (Å²) in [5, 5.41) is 13.5. The van der Waals surface area contributed by atoms with E-state index < -0.39 is 0 Å². The molecule has 2 atom stereocenters. The Morgan fingerprint density at radius 1 is 1.05 bits per heavy atom. The fraction of sp³-hybridized carbons (Fsp3) is 0.647. The van der Waals surface area contributed by atoms with E-state index in [1.807, 2.05) is 6.07 Å². The van der Waals surface area contributed by atoms with Crippen molar-refractivity contribution < 1.29 is 9.50 Å². The Labute approximate surface area is 126 Å². The molecule has 3 nitrogen and oxygen atoms in total. The highest BCUT2D eigenvalue weighted by molar-refractivity contribution is 5.45. The summed E-state index contributed by atoms with van der Waals surface area (Å²) in [6.07, 6.45) is 6.31. The van der Waals surface area contributed by atoms with Gasteiger partial charge in [-0.2, -0.15) is 0 Å². The van der Waals surface area contributed by atoms with Crippen molar-refractivity contribution in [1.29, 1.82) is 0 Å². The van der Waals surface area contributed by atoms with Crippen molar-refractivity contribution >= 4 is 5.69 Å². The van der Waals surface area contributed by atoms with E-state index in [-0.39, 0.29) is 11.9 Å². The first-order valence-corrected chi connectivity index (χ1v) is 8.17. The number of benzene rings is 1. The first-order valence-electron chi connectivity index (χ1n) is 8.17. The molecule has 0 bridgehead atoms. The predicted octanol–water partition coefficient (Wildman–Crippen LogP) is 3.01. The Kier molecular flexibility index (Phi) is 4.76. The number of hydrogen-bond donors (Lipinski definition) is 2. The van der Waals surface area contributed by atoms with E-state index in [4.69, 9.17) is 0 Å². The van der Waals surface area contributed by atoms with Gasteiger partial charge in [-0.05, 0) is 37.8 Å². The highest BCUT2D eigenvalue weighted by atomic mass is 19.1. The van der Waals surface area contributed by atoms with E-state index in [1.54, 1.807) is 12.1 Å². The van der Waals surface area contributed by atoms with Gasteiger partial charge in [-0.3, -0.25) is 4.90 Å². The molecule has 1 aliphatic heterocycles. The maximum atomic E-state index is 13.7. The van der Waals surface area contributed by atoms with Crippen LogP contribution in [0.15, 0.2) is 24.3 Å². The molecule has 1 aromatic carbocycles. The molecule has 21 heavy (non-hydrogen) atoms. The van der Waals surface area contributed by atoms with Crippen molar-refractivity contribution in [3.05, 3.63) is 30.1 Å². The van der Waals surface area contributed by atoms with Crippen molar-refractivity contribution in [2.75, 3.05) is 18.4 Å². The molecule has 1 saturated carbocycles. The van der Waals surface area contributed by atoms with Gasteiger partial charge in [-0.15, -0.1) is 0 Å². The second-order valence-electron chi connectivity index (χ2n) is 6.35. The molecular formula is C17H25FN2O. The van der Waals surface area contributed by atoms with Gasteiger partial charge in [0, 0.05) is 25.2 Å². The zero-order valence-electron chi connectivity index (χ0n) is 12.5. The van der Waals surface area contributed by atoms with Crippen LogP contribution in [0.25, 0.3) is 0 Å². The first-order chi connectivity index (χ1) is 10.2. The van der Waals surface area contributed by atoms with Crippen LogP contribution < -0.4 is 5.32 Å². The Bertz CT molecular complexity index is 460. The van der Waals surface area contributed by atoms with Crippen LogP contribution in [0.5, 0.6) is 0 Å². The molecule has 1 heterocycles. The lowest BCUT2D eigenvalue weighted by Gasteiger charge is -2.41. The lowest BCUT2D eigenvalue weighted by Crippen LogP contribution is -2.50. The van der Waals surface area contributed by atoms with Gasteiger partial charge in [0.2, 0.25) is 0 Å². The zero-order valence-corrected chi connectivity index (χ0v) is 12.5. The number of rotatable bonds is 3. The number of para-hydroxylation sites is 1. The van der Waals surface area contributed by atoms with Crippen LogP contribution in [0.4, 0.5) is 10.1 Å². The third-order valence-electron chi connectivity index (χ3n) is 4.93. The molecule has 116 valence electrons. The second kappa shape index (κ2) is 6.75. The third kappa shape index (κ3) is 3.55. The zero-order chi connectivity index (χ0) is 14.7. The molecule has 2 unspecified atom stereocenters. The number of hydrogen-bond acceptors (Lipinski definition) is 3. The highest BCUT2D eigenvalue weighted by Gasteiger charge is 2.31. The summed E-state index contributed by atoms with van der Waals surface area (Å²) in [6.45, 7) is 1.99. The normalized spacial score (nSPS) is 28.5. The maximum absolute atomic E-state index is 13.7. The molecule has 2 aliphatic rings. The quantitative estimate of drug-likeness (QED) is 0.899.